The highest BCUT2D eigenvalue weighted by Gasteiger charge is 2.28. The Hall–Kier alpha value is -1.72. The van der Waals surface area contributed by atoms with Crippen LogP contribution in [-0.2, 0) is 6.54 Å². The van der Waals surface area contributed by atoms with Crippen molar-refractivity contribution in [3.8, 4) is 5.69 Å². The van der Waals surface area contributed by atoms with Gasteiger partial charge < -0.3 is 5.11 Å². The molecule has 0 amide bonds. The van der Waals surface area contributed by atoms with Crippen LogP contribution in [-0.4, -0.2) is 43.5 Å². The van der Waals surface area contributed by atoms with Gasteiger partial charge in [-0.2, -0.15) is 0 Å². The molecule has 0 bridgehead atoms. The molecular weight excluding hydrogens is 264 g/mol. The van der Waals surface area contributed by atoms with Crippen molar-refractivity contribution in [1.82, 2.24) is 19.7 Å². The van der Waals surface area contributed by atoms with Crippen LogP contribution in [0.1, 0.15) is 32.0 Å². The first kappa shape index (κ1) is 14.2. The second-order valence-corrected chi connectivity index (χ2v) is 5.73. The molecule has 1 saturated heterocycles. The normalized spacial score (nSPS) is 23.3. The first-order chi connectivity index (χ1) is 10.3. The van der Waals surface area contributed by atoms with Gasteiger partial charge in [0, 0.05) is 12.1 Å². The smallest absolute Gasteiger partial charge is 0.165 e. The van der Waals surface area contributed by atoms with E-state index in [0.717, 1.165) is 17.9 Å². The average Bonchev–Trinajstić information content (AvgIpc) is 2.99. The predicted molar refractivity (Wildman–Crippen MR) is 81.1 cm³/mol. The third-order valence-corrected chi connectivity index (χ3v) is 4.29. The van der Waals surface area contributed by atoms with Crippen molar-refractivity contribution >= 4 is 0 Å². The minimum absolute atomic E-state index is 0.212. The third kappa shape index (κ3) is 3.14. The summed E-state index contributed by atoms with van der Waals surface area (Å²) in [6, 6.07) is 10.7. The molecule has 112 valence electrons. The van der Waals surface area contributed by atoms with Crippen LogP contribution in [0.25, 0.3) is 5.69 Å². The number of nitrogens with zero attached hydrogens (tertiary/aromatic N) is 4. The number of piperidine rings is 1. The molecule has 0 aliphatic carbocycles. The van der Waals surface area contributed by atoms with Crippen LogP contribution >= 0.6 is 0 Å². The lowest BCUT2D eigenvalue weighted by Crippen LogP contribution is -2.46. The summed E-state index contributed by atoms with van der Waals surface area (Å²) in [4.78, 5) is 6.75. The van der Waals surface area contributed by atoms with Crippen LogP contribution < -0.4 is 0 Å². The van der Waals surface area contributed by atoms with E-state index in [9.17, 15) is 5.11 Å². The lowest BCUT2D eigenvalue weighted by atomic mass is 9.97. The van der Waals surface area contributed by atoms with Gasteiger partial charge in [-0.1, -0.05) is 24.6 Å². The highest BCUT2D eigenvalue weighted by molar-refractivity contribution is 5.29. The minimum atomic E-state index is 0.212. The maximum atomic E-state index is 9.55. The topological polar surface area (TPSA) is 54.2 Å². The van der Waals surface area contributed by atoms with Crippen molar-refractivity contribution in [2.45, 2.75) is 44.8 Å². The molecule has 2 heterocycles. The summed E-state index contributed by atoms with van der Waals surface area (Å²) in [5.74, 6) is 0.811. The Bertz CT molecular complexity index is 569. The van der Waals surface area contributed by atoms with Crippen LogP contribution in [0.4, 0.5) is 0 Å². The van der Waals surface area contributed by atoms with E-state index in [1.165, 1.54) is 12.8 Å². The van der Waals surface area contributed by atoms with Crippen molar-refractivity contribution in [1.29, 1.82) is 0 Å². The second kappa shape index (κ2) is 6.37. The van der Waals surface area contributed by atoms with Crippen LogP contribution in [0.15, 0.2) is 36.7 Å². The number of rotatable bonds is 4. The van der Waals surface area contributed by atoms with Gasteiger partial charge in [-0.3, -0.25) is 4.90 Å². The van der Waals surface area contributed by atoms with Gasteiger partial charge in [-0.15, -0.1) is 5.10 Å². The molecule has 1 aromatic heterocycles. The number of hydrogen-bond donors (Lipinski definition) is 1. The van der Waals surface area contributed by atoms with E-state index >= 15 is 0 Å². The van der Waals surface area contributed by atoms with Gasteiger partial charge in [0.1, 0.15) is 6.33 Å². The van der Waals surface area contributed by atoms with Gasteiger partial charge in [-0.25, -0.2) is 9.67 Å². The van der Waals surface area contributed by atoms with E-state index in [4.69, 9.17) is 0 Å². The zero-order chi connectivity index (χ0) is 14.7. The molecule has 21 heavy (non-hydrogen) atoms. The molecule has 0 saturated carbocycles. The predicted octanol–water partition coefficient (Wildman–Crippen LogP) is 2.00. The molecule has 1 fully saturated rings. The molecule has 1 N–H and O–H groups in total. The third-order valence-electron chi connectivity index (χ3n) is 4.29. The number of benzene rings is 1. The fourth-order valence-corrected chi connectivity index (χ4v) is 3.06. The molecule has 2 atom stereocenters. The van der Waals surface area contributed by atoms with Crippen LogP contribution in [0, 0.1) is 0 Å². The van der Waals surface area contributed by atoms with Crippen molar-refractivity contribution < 1.29 is 5.11 Å². The lowest BCUT2D eigenvalue weighted by molar-refractivity contribution is 0.0431. The molecule has 3 rings (SSSR count). The first-order valence-electron chi connectivity index (χ1n) is 7.60. The summed E-state index contributed by atoms with van der Waals surface area (Å²) in [6.07, 6.45) is 5.18. The number of aliphatic hydroxyl groups is 1. The number of aliphatic hydroxyl groups excluding tert-OH is 1. The van der Waals surface area contributed by atoms with E-state index < -0.39 is 0 Å². The summed E-state index contributed by atoms with van der Waals surface area (Å²) in [5, 5.41) is 14.1. The van der Waals surface area contributed by atoms with Crippen molar-refractivity contribution in [2.75, 3.05) is 6.61 Å². The average molecular weight is 286 g/mol. The fourth-order valence-electron chi connectivity index (χ4n) is 3.06. The standard InChI is InChI=1S/C16H22N4O/c1-13-6-5-9-15(11-21)19(13)10-16-17-12-20(18-16)14-7-3-2-4-8-14/h2-4,7-8,12-13,15,21H,5-6,9-11H2,1H3/t13-,15-/m1/s1. The van der Waals surface area contributed by atoms with E-state index in [0.29, 0.717) is 12.6 Å². The molecule has 0 radical (unpaired) electrons. The number of aromatic nitrogens is 3. The monoisotopic (exact) mass is 286 g/mol. The molecule has 0 unspecified atom stereocenters. The Labute approximate surface area is 125 Å². The van der Waals surface area contributed by atoms with Gasteiger partial charge in [-0.05, 0) is 31.9 Å². The van der Waals surface area contributed by atoms with Crippen molar-refractivity contribution in [3.05, 3.63) is 42.5 Å². The highest BCUT2D eigenvalue weighted by Crippen LogP contribution is 2.24. The maximum Gasteiger partial charge on any atom is 0.165 e. The Morgan fingerprint density at radius 3 is 2.81 bits per heavy atom. The molecule has 0 spiro atoms. The summed E-state index contributed by atoms with van der Waals surface area (Å²) in [5.41, 5.74) is 1.02. The van der Waals surface area contributed by atoms with E-state index in [-0.39, 0.29) is 12.6 Å². The lowest BCUT2D eigenvalue weighted by Gasteiger charge is -2.39. The number of para-hydroxylation sites is 1. The second-order valence-electron chi connectivity index (χ2n) is 5.73. The minimum Gasteiger partial charge on any atom is -0.395 e. The Morgan fingerprint density at radius 2 is 2.05 bits per heavy atom. The van der Waals surface area contributed by atoms with E-state index in [1.807, 2.05) is 30.3 Å². The largest absolute Gasteiger partial charge is 0.395 e. The Kier molecular flexibility index (Phi) is 4.31. The highest BCUT2D eigenvalue weighted by atomic mass is 16.3. The summed E-state index contributed by atoms with van der Waals surface area (Å²) in [6.45, 7) is 3.13. The van der Waals surface area contributed by atoms with E-state index in [1.54, 1.807) is 11.0 Å². The Balaban J connectivity index is 1.74. The molecule has 5 heteroatoms. The summed E-state index contributed by atoms with van der Waals surface area (Å²) < 4.78 is 1.80. The molecule has 2 aromatic rings. The molecular formula is C16H22N4O. The van der Waals surface area contributed by atoms with Gasteiger partial charge in [0.2, 0.25) is 0 Å². The molecule has 1 aliphatic heterocycles. The maximum absolute atomic E-state index is 9.55. The molecule has 5 nitrogen and oxygen atoms in total. The van der Waals surface area contributed by atoms with Crippen molar-refractivity contribution in [3.63, 3.8) is 0 Å². The van der Waals surface area contributed by atoms with Crippen LogP contribution in [0.3, 0.4) is 0 Å². The van der Waals surface area contributed by atoms with Gasteiger partial charge in [0.25, 0.3) is 0 Å². The van der Waals surface area contributed by atoms with Crippen LogP contribution in [0.2, 0.25) is 0 Å². The van der Waals surface area contributed by atoms with Crippen molar-refractivity contribution in [2.24, 2.45) is 0 Å². The quantitative estimate of drug-likeness (QED) is 0.934. The van der Waals surface area contributed by atoms with Gasteiger partial charge >= 0.3 is 0 Å². The number of likely N-dealkylation sites (tertiary alicyclic amines) is 1. The van der Waals surface area contributed by atoms with E-state index in [2.05, 4.69) is 21.9 Å². The first-order valence-corrected chi connectivity index (χ1v) is 7.60. The molecule has 1 aromatic carbocycles. The fraction of sp³-hybridized carbons (Fsp3) is 0.500. The summed E-state index contributed by atoms with van der Waals surface area (Å²) in [7, 11) is 0. The summed E-state index contributed by atoms with van der Waals surface area (Å²) >= 11 is 0. The molecule has 1 aliphatic rings. The SMILES string of the molecule is C[C@@H]1CCC[C@H](CO)N1Cc1ncn(-c2ccccc2)n1. The van der Waals surface area contributed by atoms with Gasteiger partial charge in [0.15, 0.2) is 5.82 Å². The van der Waals surface area contributed by atoms with Crippen LogP contribution in [0.5, 0.6) is 0 Å². The van der Waals surface area contributed by atoms with Gasteiger partial charge in [0.05, 0.1) is 18.8 Å². The Morgan fingerprint density at radius 1 is 1.24 bits per heavy atom. The zero-order valence-corrected chi connectivity index (χ0v) is 12.4. The zero-order valence-electron chi connectivity index (χ0n) is 12.4. The number of hydrogen-bond acceptors (Lipinski definition) is 4.